The van der Waals surface area contributed by atoms with Gasteiger partial charge in [-0.05, 0) is 37.1 Å². The molecular weight excluding hydrogens is 356 g/mol. The zero-order valence-corrected chi connectivity index (χ0v) is 17.0. The minimum absolute atomic E-state index is 0.189. The van der Waals surface area contributed by atoms with Gasteiger partial charge in [-0.1, -0.05) is 49.9 Å². The standard InChI is InChI=1S/C23H26O5/c1-7-23(6,21(26)28-22(4,5)27-20(25)15(2)3)19(24)18-13-12-16-10-8-9-11-17(16)14-18/h8-14H,2,7H2,1,3-6H3. The number of hydrogen-bond acceptors (Lipinski definition) is 5. The molecule has 148 valence electrons. The van der Waals surface area contributed by atoms with E-state index in [1.165, 1.54) is 20.8 Å². The maximum atomic E-state index is 13.2. The molecule has 0 radical (unpaired) electrons. The summed E-state index contributed by atoms with van der Waals surface area (Å²) in [5.74, 6) is -3.27. The van der Waals surface area contributed by atoms with Gasteiger partial charge in [-0.3, -0.25) is 9.59 Å². The molecule has 0 aliphatic heterocycles. The summed E-state index contributed by atoms with van der Waals surface area (Å²) in [6.07, 6.45) is 0.238. The fourth-order valence-corrected chi connectivity index (χ4v) is 2.71. The lowest BCUT2D eigenvalue weighted by atomic mass is 9.79. The van der Waals surface area contributed by atoms with E-state index in [2.05, 4.69) is 6.58 Å². The van der Waals surface area contributed by atoms with E-state index in [1.54, 1.807) is 26.0 Å². The van der Waals surface area contributed by atoms with Crippen molar-refractivity contribution in [2.24, 2.45) is 5.41 Å². The summed E-state index contributed by atoms with van der Waals surface area (Å²) in [5.41, 5.74) is -0.790. The van der Waals surface area contributed by atoms with Crippen LogP contribution >= 0.6 is 0 Å². The molecule has 0 bridgehead atoms. The molecule has 0 heterocycles. The van der Waals surface area contributed by atoms with Gasteiger partial charge in [0.25, 0.3) is 5.79 Å². The van der Waals surface area contributed by atoms with E-state index in [4.69, 9.17) is 9.47 Å². The van der Waals surface area contributed by atoms with E-state index in [0.717, 1.165) is 10.8 Å². The molecule has 0 saturated carbocycles. The van der Waals surface area contributed by atoms with Gasteiger partial charge in [-0.25, -0.2) is 4.79 Å². The minimum atomic E-state index is -1.52. The van der Waals surface area contributed by atoms with Crippen LogP contribution in [0.3, 0.4) is 0 Å². The van der Waals surface area contributed by atoms with Crippen LogP contribution in [-0.4, -0.2) is 23.5 Å². The number of carbonyl (C=O) groups is 3. The van der Waals surface area contributed by atoms with Crippen LogP contribution in [0.4, 0.5) is 0 Å². The molecule has 5 heteroatoms. The van der Waals surface area contributed by atoms with Gasteiger partial charge in [-0.15, -0.1) is 0 Å². The number of ketones is 1. The maximum absolute atomic E-state index is 13.2. The Morgan fingerprint density at radius 1 is 0.964 bits per heavy atom. The van der Waals surface area contributed by atoms with Crippen LogP contribution in [0.15, 0.2) is 54.6 Å². The third-order valence-corrected chi connectivity index (χ3v) is 4.70. The van der Waals surface area contributed by atoms with E-state index in [0.29, 0.717) is 5.56 Å². The second kappa shape index (κ2) is 7.97. The van der Waals surface area contributed by atoms with Crippen molar-refractivity contribution in [2.75, 3.05) is 0 Å². The highest BCUT2D eigenvalue weighted by molar-refractivity contribution is 6.13. The molecule has 0 aliphatic carbocycles. The van der Waals surface area contributed by atoms with E-state index < -0.39 is 23.1 Å². The molecule has 0 saturated heterocycles. The molecule has 5 nitrogen and oxygen atoms in total. The number of ether oxygens (including phenoxy) is 2. The highest BCUT2D eigenvalue weighted by Crippen LogP contribution is 2.32. The Morgan fingerprint density at radius 2 is 1.57 bits per heavy atom. The van der Waals surface area contributed by atoms with E-state index in [1.807, 2.05) is 30.3 Å². The van der Waals surface area contributed by atoms with Crippen molar-refractivity contribution in [1.82, 2.24) is 0 Å². The van der Waals surface area contributed by atoms with Crippen molar-refractivity contribution in [2.45, 2.75) is 46.8 Å². The van der Waals surface area contributed by atoms with Crippen LogP contribution < -0.4 is 0 Å². The maximum Gasteiger partial charge on any atom is 0.336 e. The molecule has 0 aromatic heterocycles. The number of rotatable bonds is 7. The first-order valence-electron chi connectivity index (χ1n) is 9.16. The normalized spacial score (nSPS) is 13.5. The van der Waals surface area contributed by atoms with Crippen LogP contribution in [-0.2, 0) is 19.1 Å². The molecule has 2 aromatic carbocycles. The Morgan fingerprint density at radius 3 is 2.14 bits per heavy atom. The summed E-state index contributed by atoms with van der Waals surface area (Å²) < 4.78 is 10.6. The van der Waals surface area contributed by atoms with E-state index >= 15 is 0 Å². The molecule has 2 rings (SSSR count). The first kappa shape index (κ1) is 21.4. The molecule has 28 heavy (non-hydrogen) atoms. The highest BCUT2D eigenvalue weighted by Gasteiger charge is 2.44. The average molecular weight is 382 g/mol. The number of Topliss-reactive ketones (excluding diaryl/α,β-unsaturated/α-hetero) is 1. The second-order valence-electron chi connectivity index (χ2n) is 7.54. The number of benzene rings is 2. The quantitative estimate of drug-likeness (QED) is 0.225. The van der Waals surface area contributed by atoms with Crippen LogP contribution in [0.5, 0.6) is 0 Å². The van der Waals surface area contributed by atoms with Crippen LogP contribution in [0, 0.1) is 5.41 Å². The van der Waals surface area contributed by atoms with Crippen LogP contribution in [0.2, 0.25) is 0 Å². The van der Waals surface area contributed by atoms with Gasteiger partial charge in [0.1, 0.15) is 5.41 Å². The van der Waals surface area contributed by atoms with Gasteiger partial charge in [0, 0.05) is 25.0 Å². The Labute approximate surface area is 165 Å². The third kappa shape index (κ3) is 4.47. The van der Waals surface area contributed by atoms with Crippen molar-refractivity contribution in [1.29, 1.82) is 0 Å². The SMILES string of the molecule is C=C(C)C(=O)OC(C)(C)OC(=O)C(C)(CC)C(=O)c1ccc2ccccc2c1. The number of hydrogen-bond donors (Lipinski definition) is 0. The molecule has 0 spiro atoms. The van der Waals surface area contributed by atoms with Crippen molar-refractivity contribution in [3.8, 4) is 0 Å². The molecule has 0 fully saturated rings. The molecule has 1 unspecified atom stereocenters. The van der Waals surface area contributed by atoms with E-state index in [-0.39, 0.29) is 17.8 Å². The number of fused-ring (bicyclic) bond motifs is 1. The molecule has 2 aromatic rings. The van der Waals surface area contributed by atoms with Crippen molar-refractivity contribution in [3.05, 3.63) is 60.2 Å². The van der Waals surface area contributed by atoms with Crippen molar-refractivity contribution < 1.29 is 23.9 Å². The zero-order valence-electron chi connectivity index (χ0n) is 17.0. The van der Waals surface area contributed by atoms with Gasteiger partial charge in [0.2, 0.25) is 0 Å². The fourth-order valence-electron chi connectivity index (χ4n) is 2.71. The molecule has 0 N–H and O–H groups in total. The molecular formula is C23H26O5. The Balaban J connectivity index is 2.28. The Hall–Kier alpha value is -2.95. The molecule has 0 aliphatic rings. The van der Waals surface area contributed by atoms with Gasteiger partial charge in [0.15, 0.2) is 5.78 Å². The van der Waals surface area contributed by atoms with Crippen molar-refractivity contribution >= 4 is 28.5 Å². The highest BCUT2D eigenvalue weighted by atomic mass is 16.7. The van der Waals surface area contributed by atoms with E-state index in [9.17, 15) is 14.4 Å². The Kier molecular flexibility index (Phi) is 6.07. The largest absolute Gasteiger partial charge is 0.422 e. The third-order valence-electron chi connectivity index (χ3n) is 4.70. The Bertz CT molecular complexity index is 941. The minimum Gasteiger partial charge on any atom is -0.422 e. The van der Waals surface area contributed by atoms with Crippen LogP contribution in [0.1, 0.15) is 51.4 Å². The second-order valence-corrected chi connectivity index (χ2v) is 7.54. The summed E-state index contributed by atoms with van der Waals surface area (Å²) in [6.45, 7) is 11.2. The van der Waals surface area contributed by atoms with Crippen molar-refractivity contribution in [3.63, 3.8) is 0 Å². The summed E-state index contributed by atoms with van der Waals surface area (Å²) in [6, 6.07) is 13.0. The number of carbonyl (C=O) groups excluding carboxylic acids is 3. The lowest BCUT2D eigenvalue weighted by molar-refractivity contribution is -0.218. The number of esters is 2. The molecule has 1 atom stereocenters. The predicted molar refractivity (Wildman–Crippen MR) is 108 cm³/mol. The van der Waals surface area contributed by atoms with Gasteiger partial charge in [0.05, 0.1) is 0 Å². The predicted octanol–water partition coefficient (Wildman–Crippen LogP) is 4.84. The molecule has 0 amide bonds. The van der Waals surface area contributed by atoms with Gasteiger partial charge < -0.3 is 9.47 Å². The summed E-state index contributed by atoms with van der Waals surface area (Å²) >= 11 is 0. The lowest BCUT2D eigenvalue weighted by Gasteiger charge is -2.31. The monoisotopic (exact) mass is 382 g/mol. The zero-order chi connectivity index (χ0) is 21.1. The first-order valence-corrected chi connectivity index (χ1v) is 9.16. The van der Waals surface area contributed by atoms with Gasteiger partial charge in [-0.2, -0.15) is 0 Å². The average Bonchev–Trinajstić information content (AvgIpc) is 2.65. The summed E-state index contributed by atoms with van der Waals surface area (Å²) in [4.78, 5) is 37.8. The topological polar surface area (TPSA) is 69.7 Å². The first-order chi connectivity index (χ1) is 13.0. The fraction of sp³-hybridized carbons (Fsp3) is 0.348. The summed E-state index contributed by atoms with van der Waals surface area (Å²) in [7, 11) is 0. The lowest BCUT2D eigenvalue weighted by Crippen LogP contribution is -2.43. The summed E-state index contributed by atoms with van der Waals surface area (Å²) in [5, 5.41) is 1.92. The van der Waals surface area contributed by atoms with Gasteiger partial charge >= 0.3 is 11.9 Å². The van der Waals surface area contributed by atoms with Crippen LogP contribution in [0.25, 0.3) is 10.8 Å². The smallest absolute Gasteiger partial charge is 0.336 e.